The number of aryl methyl sites for hydroxylation is 1. The number of hydrogen-bond acceptors (Lipinski definition) is 5. The fourth-order valence-corrected chi connectivity index (χ4v) is 5.84. The minimum absolute atomic E-state index is 0.00992. The number of hydrogen-bond donors (Lipinski definition) is 0. The third-order valence-corrected chi connectivity index (χ3v) is 7.67. The molecule has 0 aliphatic carbocycles. The predicted octanol–water partition coefficient (Wildman–Crippen LogP) is 3.36. The second-order valence-corrected chi connectivity index (χ2v) is 10.7. The maximum Gasteiger partial charge on any atom is 0.224 e. The molecular weight excluding hydrogens is 448 g/mol. The van der Waals surface area contributed by atoms with Crippen molar-refractivity contribution in [3.8, 4) is 5.69 Å². The third kappa shape index (κ3) is 3.73. The average molecular weight is 469 g/mol. The van der Waals surface area contributed by atoms with Crippen LogP contribution >= 0.6 is 11.6 Å². The Bertz CT molecular complexity index is 1350. The largest absolute Gasteiger partial charge is 0.327 e. The number of allylic oxidation sites excluding steroid dienone is 1. The van der Waals surface area contributed by atoms with E-state index >= 15 is 0 Å². The lowest BCUT2D eigenvalue weighted by Crippen LogP contribution is -2.30. The predicted molar refractivity (Wildman–Crippen MR) is 122 cm³/mol. The summed E-state index contributed by atoms with van der Waals surface area (Å²) in [6.45, 7) is 2.11. The SMILES string of the molecule is Cc1nnc2n1-c1ccccc1C(c1ccc(Cl)cc1)=C[C@@H]2CC(=O)N1CCS(=O)(=O)C1. The Morgan fingerprint density at radius 2 is 1.88 bits per heavy atom. The van der Waals surface area contributed by atoms with Gasteiger partial charge in [0.1, 0.15) is 17.5 Å². The number of halogens is 1. The minimum Gasteiger partial charge on any atom is -0.327 e. The highest BCUT2D eigenvalue weighted by molar-refractivity contribution is 7.91. The van der Waals surface area contributed by atoms with E-state index < -0.39 is 9.84 Å². The molecule has 0 saturated carbocycles. The lowest BCUT2D eigenvalue weighted by atomic mass is 9.92. The van der Waals surface area contributed by atoms with Crippen LogP contribution in [0.3, 0.4) is 0 Å². The molecule has 1 amide bonds. The van der Waals surface area contributed by atoms with Crippen LogP contribution in [0.25, 0.3) is 11.3 Å². The first-order valence-corrected chi connectivity index (χ1v) is 12.5. The topological polar surface area (TPSA) is 85.2 Å². The van der Waals surface area contributed by atoms with Crippen LogP contribution in [0.4, 0.5) is 0 Å². The van der Waals surface area contributed by atoms with Gasteiger partial charge in [0, 0.05) is 29.5 Å². The number of carbonyl (C=O) groups excluding carboxylic acids is 1. The highest BCUT2D eigenvalue weighted by Gasteiger charge is 2.33. The van der Waals surface area contributed by atoms with Gasteiger partial charge in [0.15, 0.2) is 9.84 Å². The van der Waals surface area contributed by atoms with Gasteiger partial charge in [-0.05, 0) is 36.3 Å². The molecule has 1 aromatic heterocycles. The van der Waals surface area contributed by atoms with E-state index in [1.54, 1.807) is 0 Å². The summed E-state index contributed by atoms with van der Waals surface area (Å²) < 4.78 is 25.7. The van der Waals surface area contributed by atoms with Crippen LogP contribution in [0, 0.1) is 6.92 Å². The van der Waals surface area contributed by atoms with Crippen molar-refractivity contribution in [2.24, 2.45) is 0 Å². The monoisotopic (exact) mass is 468 g/mol. The van der Waals surface area contributed by atoms with Crippen LogP contribution in [0.15, 0.2) is 54.6 Å². The maximum atomic E-state index is 13.0. The molecule has 2 aliphatic heterocycles. The van der Waals surface area contributed by atoms with Crippen LogP contribution < -0.4 is 0 Å². The molecule has 32 heavy (non-hydrogen) atoms. The fourth-order valence-electron chi connectivity index (χ4n) is 4.34. The lowest BCUT2D eigenvalue weighted by molar-refractivity contribution is -0.130. The van der Waals surface area contributed by atoms with Crippen molar-refractivity contribution in [2.75, 3.05) is 18.2 Å². The number of carbonyl (C=O) groups is 1. The summed E-state index contributed by atoms with van der Waals surface area (Å²) in [5, 5.41) is 9.32. The summed E-state index contributed by atoms with van der Waals surface area (Å²) >= 11 is 6.11. The molecule has 1 fully saturated rings. The molecule has 1 atom stereocenters. The van der Waals surface area contributed by atoms with Crippen molar-refractivity contribution in [3.05, 3.63) is 82.4 Å². The first kappa shape index (κ1) is 20.9. The van der Waals surface area contributed by atoms with E-state index in [2.05, 4.69) is 10.2 Å². The Kier molecular flexibility index (Phi) is 5.14. The number of fused-ring (bicyclic) bond motifs is 3. The van der Waals surface area contributed by atoms with E-state index in [9.17, 15) is 13.2 Å². The quantitative estimate of drug-likeness (QED) is 0.588. The second kappa shape index (κ2) is 7.86. The normalized spacial score (nSPS) is 19.1. The van der Waals surface area contributed by atoms with E-state index in [1.807, 2.05) is 66.1 Å². The van der Waals surface area contributed by atoms with Crippen molar-refractivity contribution < 1.29 is 13.2 Å². The molecule has 3 heterocycles. The maximum absolute atomic E-state index is 13.0. The molecule has 2 aromatic carbocycles. The summed E-state index contributed by atoms with van der Waals surface area (Å²) in [5.74, 6) is 0.591. The standard InChI is InChI=1S/C23H21ClN4O3S/c1-15-25-26-23-17(13-22(29)27-10-11-32(30,31)14-27)12-20(16-6-8-18(24)9-7-16)19-4-2-3-5-21(19)28(15)23/h2-9,12,17H,10-11,13-14H2,1H3/t17-/m1/s1. The van der Waals surface area contributed by atoms with Crippen molar-refractivity contribution in [1.82, 2.24) is 19.7 Å². The first-order chi connectivity index (χ1) is 15.3. The van der Waals surface area contributed by atoms with Gasteiger partial charge in [0.05, 0.1) is 11.4 Å². The van der Waals surface area contributed by atoms with Gasteiger partial charge in [-0.15, -0.1) is 10.2 Å². The summed E-state index contributed by atoms with van der Waals surface area (Å²) in [6.07, 6.45) is 2.15. The number of amides is 1. The zero-order valence-corrected chi connectivity index (χ0v) is 19.0. The zero-order chi connectivity index (χ0) is 22.5. The Morgan fingerprint density at radius 1 is 1.12 bits per heavy atom. The molecule has 0 bridgehead atoms. The first-order valence-electron chi connectivity index (χ1n) is 10.3. The molecule has 0 unspecified atom stereocenters. The number of nitrogens with zero attached hydrogens (tertiary/aromatic N) is 4. The van der Waals surface area contributed by atoms with E-state index in [4.69, 9.17) is 11.6 Å². The molecule has 5 rings (SSSR count). The Balaban J connectivity index is 1.62. The Morgan fingerprint density at radius 3 is 2.59 bits per heavy atom. The number of benzene rings is 2. The van der Waals surface area contributed by atoms with Crippen LogP contribution in [0.5, 0.6) is 0 Å². The van der Waals surface area contributed by atoms with Crippen molar-refractivity contribution in [1.29, 1.82) is 0 Å². The smallest absolute Gasteiger partial charge is 0.224 e. The fraction of sp³-hybridized carbons (Fsp3) is 0.261. The van der Waals surface area contributed by atoms with Gasteiger partial charge in [-0.1, -0.05) is 48.0 Å². The van der Waals surface area contributed by atoms with Gasteiger partial charge in [-0.2, -0.15) is 0 Å². The van der Waals surface area contributed by atoms with E-state index in [-0.39, 0.29) is 36.4 Å². The van der Waals surface area contributed by atoms with Crippen LogP contribution in [-0.2, 0) is 14.6 Å². The van der Waals surface area contributed by atoms with Gasteiger partial charge >= 0.3 is 0 Å². The summed E-state index contributed by atoms with van der Waals surface area (Å²) in [6, 6.07) is 15.6. The molecule has 3 aromatic rings. The molecule has 0 spiro atoms. The molecule has 2 aliphatic rings. The van der Waals surface area contributed by atoms with Crippen LogP contribution in [-0.4, -0.2) is 52.2 Å². The van der Waals surface area contributed by atoms with Gasteiger partial charge in [-0.25, -0.2) is 8.42 Å². The molecule has 0 radical (unpaired) electrons. The van der Waals surface area contributed by atoms with E-state index in [1.165, 1.54) is 4.90 Å². The molecule has 7 nitrogen and oxygen atoms in total. The van der Waals surface area contributed by atoms with Crippen molar-refractivity contribution >= 4 is 32.9 Å². The van der Waals surface area contributed by atoms with Gasteiger partial charge < -0.3 is 4.90 Å². The Labute approximate surface area is 191 Å². The van der Waals surface area contributed by atoms with Gasteiger partial charge in [-0.3, -0.25) is 9.36 Å². The number of rotatable bonds is 3. The lowest BCUT2D eigenvalue weighted by Gasteiger charge is -2.18. The molecular formula is C23H21ClN4O3S. The molecule has 0 N–H and O–H groups in total. The van der Waals surface area contributed by atoms with Crippen LogP contribution in [0.2, 0.25) is 5.02 Å². The minimum atomic E-state index is -3.20. The summed E-state index contributed by atoms with van der Waals surface area (Å²) in [7, 11) is -3.20. The van der Waals surface area contributed by atoms with Crippen LogP contribution in [0.1, 0.15) is 35.1 Å². The molecule has 164 valence electrons. The average Bonchev–Trinajstić information content (AvgIpc) is 3.29. The van der Waals surface area contributed by atoms with E-state index in [0.717, 1.165) is 28.2 Å². The number of aromatic nitrogens is 3. The van der Waals surface area contributed by atoms with Gasteiger partial charge in [0.2, 0.25) is 5.91 Å². The third-order valence-electron chi connectivity index (χ3n) is 5.91. The Hall–Kier alpha value is -2.97. The van der Waals surface area contributed by atoms with E-state index in [0.29, 0.717) is 10.8 Å². The number of para-hydroxylation sites is 1. The summed E-state index contributed by atoms with van der Waals surface area (Å²) in [4.78, 5) is 14.5. The number of sulfone groups is 1. The zero-order valence-electron chi connectivity index (χ0n) is 17.4. The molecule has 9 heteroatoms. The van der Waals surface area contributed by atoms with Gasteiger partial charge in [0.25, 0.3) is 0 Å². The summed E-state index contributed by atoms with van der Waals surface area (Å²) in [5.41, 5.74) is 3.87. The second-order valence-electron chi connectivity index (χ2n) is 8.09. The highest BCUT2D eigenvalue weighted by Crippen LogP contribution is 2.38. The van der Waals surface area contributed by atoms with Crippen molar-refractivity contribution in [2.45, 2.75) is 19.3 Å². The van der Waals surface area contributed by atoms with Crippen molar-refractivity contribution in [3.63, 3.8) is 0 Å². The highest BCUT2D eigenvalue weighted by atomic mass is 35.5. The molecule has 1 saturated heterocycles.